The fourth-order valence-electron chi connectivity index (χ4n) is 4.58. The van der Waals surface area contributed by atoms with Gasteiger partial charge in [-0.25, -0.2) is 4.79 Å². The summed E-state index contributed by atoms with van der Waals surface area (Å²) >= 11 is 0. The van der Waals surface area contributed by atoms with Gasteiger partial charge in [-0.15, -0.1) is 0 Å². The van der Waals surface area contributed by atoms with Gasteiger partial charge in [0.1, 0.15) is 47.6 Å². The molecule has 0 radical (unpaired) electrons. The molecule has 5 atom stereocenters. The fraction of sp³-hybridized carbons (Fsp3) is 0.318. The number of aromatic hydroxyl groups is 4. The standard InChI is InChI=1S/C22H20O13/c1-4-8-5(2-6(24)9(4)22(33)34)13(25)10-11(15(8)27)17(29)18(30)12(16(10)28)21-20(32)19(31)14(26)7(3-23)35-21/h2,7,14,19-21,23-24,26,28-32H,3H2,1H3,(H,33,34)/t7-,14-,19+,20-,21+/m1/s1. The van der Waals surface area contributed by atoms with Crippen LogP contribution in [-0.4, -0.2) is 94.5 Å². The van der Waals surface area contributed by atoms with E-state index in [4.69, 9.17) is 4.74 Å². The van der Waals surface area contributed by atoms with Crippen molar-refractivity contribution < 1.29 is 65.1 Å². The molecule has 0 bridgehead atoms. The molecule has 0 aromatic heterocycles. The third-order valence-corrected chi connectivity index (χ3v) is 6.33. The fourth-order valence-corrected chi connectivity index (χ4v) is 4.58. The first kappa shape index (κ1) is 24.4. The Labute approximate surface area is 195 Å². The zero-order valence-corrected chi connectivity index (χ0v) is 17.8. The Bertz CT molecular complexity index is 1300. The van der Waals surface area contributed by atoms with Crippen LogP contribution in [0.4, 0.5) is 0 Å². The second-order valence-electron chi connectivity index (χ2n) is 8.24. The predicted molar refractivity (Wildman–Crippen MR) is 111 cm³/mol. The lowest BCUT2D eigenvalue weighted by Crippen LogP contribution is -2.55. The van der Waals surface area contributed by atoms with Crippen molar-refractivity contribution in [3.63, 3.8) is 0 Å². The molecular weight excluding hydrogens is 472 g/mol. The number of carboxylic acids is 1. The van der Waals surface area contributed by atoms with Crippen LogP contribution in [0.5, 0.6) is 23.0 Å². The topological polar surface area (TPSA) is 243 Å². The molecule has 1 aliphatic heterocycles. The number of benzene rings is 2. The number of carbonyl (C=O) groups excluding carboxylic acids is 2. The van der Waals surface area contributed by atoms with E-state index < -0.39 is 111 Å². The van der Waals surface area contributed by atoms with Crippen molar-refractivity contribution >= 4 is 17.5 Å². The van der Waals surface area contributed by atoms with Gasteiger partial charge in [0, 0.05) is 11.1 Å². The van der Waals surface area contributed by atoms with Gasteiger partial charge in [0.25, 0.3) is 0 Å². The summed E-state index contributed by atoms with van der Waals surface area (Å²) in [6.07, 6.45) is -9.09. The number of aromatic carboxylic acids is 1. The van der Waals surface area contributed by atoms with Gasteiger partial charge in [-0.3, -0.25) is 9.59 Å². The summed E-state index contributed by atoms with van der Waals surface area (Å²) in [7, 11) is 0. The minimum Gasteiger partial charge on any atom is -0.507 e. The van der Waals surface area contributed by atoms with E-state index in [1.807, 2.05) is 0 Å². The first-order valence-corrected chi connectivity index (χ1v) is 10.2. The minimum atomic E-state index is -2.02. The molecule has 1 saturated heterocycles. The number of hydrogen-bond donors (Lipinski definition) is 9. The highest BCUT2D eigenvalue weighted by molar-refractivity contribution is 6.31. The predicted octanol–water partition coefficient (Wildman–Crippen LogP) is -1.19. The molecule has 2 aliphatic rings. The summed E-state index contributed by atoms with van der Waals surface area (Å²) in [5.41, 5.74) is -4.46. The number of carboxylic acid groups (broad SMARTS) is 1. The first-order chi connectivity index (χ1) is 16.3. The third kappa shape index (κ3) is 3.25. The minimum absolute atomic E-state index is 0.298. The Morgan fingerprint density at radius 2 is 1.49 bits per heavy atom. The zero-order chi connectivity index (χ0) is 26.1. The van der Waals surface area contributed by atoms with Crippen LogP contribution in [0.1, 0.15) is 59.4 Å². The SMILES string of the molecule is Cc1c(C(=O)O)c(O)cc2c1C(=O)c1c(O)c(O)c([C@@H]3O[C@H](CO)[C@@H](O)[C@H](O)[C@H]3O)c(O)c1C2=O. The maximum Gasteiger partial charge on any atom is 0.339 e. The van der Waals surface area contributed by atoms with Crippen molar-refractivity contribution in [3.8, 4) is 23.0 Å². The molecule has 2 aromatic rings. The molecule has 2 aromatic carbocycles. The summed E-state index contributed by atoms with van der Waals surface area (Å²) in [5, 5.41) is 91.5. The molecule has 0 amide bonds. The lowest BCUT2D eigenvalue weighted by atomic mass is 9.77. The molecule has 4 rings (SSSR count). The average Bonchev–Trinajstić information content (AvgIpc) is 2.79. The molecule has 35 heavy (non-hydrogen) atoms. The van der Waals surface area contributed by atoms with E-state index in [1.165, 1.54) is 0 Å². The summed E-state index contributed by atoms with van der Waals surface area (Å²) in [6, 6.07) is 0.714. The quantitative estimate of drug-likeness (QED) is 0.154. The van der Waals surface area contributed by atoms with Crippen molar-refractivity contribution in [3.05, 3.63) is 45.0 Å². The number of aliphatic hydroxyl groups excluding tert-OH is 4. The van der Waals surface area contributed by atoms with Gasteiger partial charge in [-0.1, -0.05) is 0 Å². The van der Waals surface area contributed by atoms with Crippen LogP contribution in [-0.2, 0) is 4.74 Å². The summed E-state index contributed by atoms with van der Waals surface area (Å²) in [6.45, 7) is 0.298. The van der Waals surface area contributed by atoms with Gasteiger partial charge < -0.3 is 50.7 Å². The van der Waals surface area contributed by atoms with E-state index >= 15 is 0 Å². The highest BCUT2D eigenvalue weighted by Gasteiger charge is 2.48. The van der Waals surface area contributed by atoms with Crippen LogP contribution in [0.15, 0.2) is 6.07 Å². The molecule has 1 heterocycles. The number of hydrogen-bond acceptors (Lipinski definition) is 12. The van der Waals surface area contributed by atoms with Crippen LogP contribution in [0.3, 0.4) is 0 Å². The molecule has 1 fully saturated rings. The number of ether oxygens (including phenoxy) is 1. The number of ketones is 2. The first-order valence-electron chi connectivity index (χ1n) is 10.2. The highest BCUT2D eigenvalue weighted by atomic mass is 16.5. The number of phenolic OH excluding ortho intramolecular Hbond substituents is 3. The normalized spacial score (nSPS) is 25.8. The smallest absolute Gasteiger partial charge is 0.339 e. The zero-order valence-electron chi connectivity index (χ0n) is 17.8. The molecule has 0 saturated carbocycles. The Kier molecular flexibility index (Phi) is 5.70. The van der Waals surface area contributed by atoms with Crippen molar-refractivity contribution in [2.45, 2.75) is 37.4 Å². The number of phenols is 4. The van der Waals surface area contributed by atoms with Crippen molar-refractivity contribution in [1.82, 2.24) is 0 Å². The van der Waals surface area contributed by atoms with E-state index in [9.17, 15) is 60.3 Å². The van der Waals surface area contributed by atoms with E-state index in [1.54, 1.807) is 0 Å². The van der Waals surface area contributed by atoms with Crippen LogP contribution in [0, 0.1) is 6.92 Å². The number of aliphatic hydroxyl groups is 4. The molecule has 9 N–H and O–H groups in total. The number of fused-ring (bicyclic) bond motifs is 2. The molecule has 186 valence electrons. The van der Waals surface area contributed by atoms with Gasteiger partial charge >= 0.3 is 5.97 Å². The number of carbonyl (C=O) groups is 3. The lowest BCUT2D eigenvalue weighted by molar-refractivity contribution is -0.232. The van der Waals surface area contributed by atoms with Gasteiger partial charge in [0.05, 0.1) is 23.3 Å². The Hall–Kier alpha value is -3.75. The van der Waals surface area contributed by atoms with Gasteiger partial charge in [-0.2, -0.15) is 0 Å². The highest BCUT2D eigenvalue weighted by Crippen LogP contribution is 2.52. The van der Waals surface area contributed by atoms with Gasteiger partial charge in [0.2, 0.25) is 0 Å². The Morgan fingerprint density at radius 3 is 2.06 bits per heavy atom. The maximum absolute atomic E-state index is 13.3. The van der Waals surface area contributed by atoms with Gasteiger partial charge in [0.15, 0.2) is 23.1 Å². The monoisotopic (exact) mass is 492 g/mol. The van der Waals surface area contributed by atoms with Gasteiger partial charge in [-0.05, 0) is 18.6 Å². The third-order valence-electron chi connectivity index (χ3n) is 6.33. The molecular formula is C22H20O13. The second-order valence-corrected chi connectivity index (χ2v) is 8.24. The largest absolute Gasteiger partial charge is 0.507 e. The lowest BCUT2D eigenvalue weighted by Gasteiger charge is -2.40. The summed E-state index contributed by atoms with van der Waals surface area (Å²) in [5.74, 6) is -8.25. The Balaban J connectivity index is 1.98. The van der Waals surface area contributed by atoms with E-state index in [2.05, 4.69) is 0 Å². The van der Waals surface area contributed by atoms with Crippen molar-refractivity contribution in [2.75, 3.05) is 6.61 Å². The van der Waals surface area contributed by atoms with E-state index in [0.717, 1.165) is 6.92 Å². The summed E-state index contributed by atoms with van der Waals surface area (Å²) in [4.78, 5) is 38.0. The van der Waals surface area contributed by atoms with Crippen LogP contribution in [0.2, 0.25) is 0 Å². The van der Waals surface area contributed by atoms with E-state index in [0.29, 0.717) is 6.07 Å². The molecule has 1 aliphatic carbocycles. The number of rotatable bonds is 3. The second kappa shape index (κ2) is 8.18. The van der Waals surface area contributed by atoms with Crippen molar-refractivity contribution in [1.29, 1.82) is 0 Å². The van der Waals surface area contributed by atoms with Crippen LogP contribution >= 0.6 is 0 Å². The molecule has 0 spiro atoms. The van der Waals surface area contributed by atoms with E-state index in [-0.39, 0.29) is 5.56 Å². The van der Waals surface area contributed by atoms with Crippen molar-refractivity contribution in [2.24, 2.45) is 0 Å². The van der Waals surface area contributed by atoms with Crippen LogP contribution in [0.25, 0.3) is 0 Å². The molecule has 0 unspecified atom stereocenters. The molecule has 13 heteroatoms. The Morgan fingerprint density at radius 1 is 0.886 bits per heavy atom. The molecule has 13 nitrogen and oxygen atoms in total. The van der Waals surface area contributed by atoms with Crippen LogP contribution < -0.4 is 0 Å². The maximum atomic E-state index is 13.3. The average molecular weight is 492 g/mol. The summed E-state index contributed by atoms with van der Waals surface area (Å²) < 4.78 is 5.29.